The lowest BCUT2D eigenvalue weighted by atomic mass is 10.1. The topological polar surface area (TPSA) is 87.1 Å². The van der Waals surface area contributed by atoms with Crippen LogP contribution in [0.4, 0.5) is 5.82 Å². The fourth-order valence-corrected chi connectivity index (χ4v) is 2.85. The zero-order valence-corrected chi connectivity index (χ0v) is 14.6. The second kappa shape index (κ2) is 7.60. The molecule has 1 saturated heterocycles. The maximum Gasteiger partial charge on any atom is 0.267 e. The summed E-state index contributed by atoms with van der Waals surface area (Å²) in [5.41, 5.74) is 1.30. The Morgan fingerprint density at radius 1 is 1.40 bits per heavy atom. The van der Waals surface area contributed by atoms with E-state index in [1.807, 2.05) is 12.1 Å². The molecule has 0 radical (unpaired) electrons. The van der Waals surface area contributed by atoms with E-state index in [0.717, 1.165) is 24.5 Å². The molecular weight excluding hydrogens is 322 g/mol. The molecule has 1 fully saturated rings. The highest BCUT2D eigenvalue weighted by molar-refractivity contribution is 6.39. The van der Waals surface area contributed by atoms with Crippen molar-refractivity contribution >= 4 is 23.3 Å². The van der Waals surface area contributed by atoms with Crippen molar-refractivity contribution in [1.29, 1.82) is 0 Å². The van der Waals surface area contributed by atoms with Crippen molar-refractivity contribution in [3.05, 3.63) is 23.9 Å². The average Bonchev–Trinajstić information content (AvgIpc) is 2.62. The van der Waals surface area contributed by atoms with E-state index in [1.165, 1.54) is 5.01 Å². The molecule has 1 atom stereocenters. The van der Waals surface area contributed by atoms with Gasteiger partial charge in [0.2, 0.25) is 5.91 Å². The number of rotatable bonds is 4. The predicted molar refractivity (Wildman–Crippen MR) is 93.1 cm³/mol. The fraction of sp³-hybridized carbons (Fsp3) is 0.529. The molecule has 0 unspecified atom stereocenters. The van der Waals surface area contributed by atoms with Gasteiger partial charge in [0.25, 0.3) is 5.91 Å². The van der Waals surface area contributed by atoms with Crippen molar-refractivity contribution in [2.24, 2.45) is 5.10 Å². The first-order chi connectivity index (χ1) is 12.0. The van der Waals surface area contributed by atoms with E-state index in [1.54, 1.807) is 13.2 Å². The van der Waals surface area contributed by atoms with Crippen LogP contribution in [0.1, 0.15) is 25.3 Å². The number of carbonyl (C=O) groups excluding carboxylic acids is 2. The van der Waals surface area contributed by atoms with E-state index in [-0.39, 0.29) is 17.9 Å². The predicted octanol–water partition coefficient (Wildman–Crippen LogP) is 0.531. The molecule has 25 heavy (non-hydrogen) atoms. The monoisotopic (exact) mass is 345 g/mol. The molecule has 0 aromatic carbocycles. The first-order valence-corrected chi connectivity index (χ1v) is 8.46. The van der Waals surface area contributed by atoms with E-state index in [2.05, 4.69) is 27.2 Å². The Balaban J connectivity index is 1.54. The molecule has 3 heterocycles. The van der Waals surface area contributed by atoms with Crippen LogP contribution in [0.3, 0.4) is 0 Å². The summed E-state index contributed by atoms with van der Waals surface area (Å²) in [7, 11) is 1.56. The van der Waals surface area contributed by atoms with Gasteiger partial charge in [-0.1, -0.05) is 6.07 Å². The summed E-state index contributed by atoms with van der Waals surface area (Å²) in [4.78, 5) is 30.2. The van der Waals surface area contributed by atoms with Gasteiger partial charge >= 0.3 is 0 Å². The molecule has 1 aromatic heterocycles. The Kier molecular flexibility index (Phi) is 5.28. The van der Waals surface area contributed by atoms with Crippen LogP contribution in [0.2, 0.25) is 0 Å². The lowest BCUT2D eigenvalue weighted by molar-refractivity contribution is -0.130. The number of nitrogens with one attached hydrogen (secondary N) is 1. The highest BCUT2D eigenvalue weighted by atomic mass is 16.5. The van der Waals surface area contributed by atoms with Gasteiger partial charge in [0.05, 0.1) is 12.7 Å². The first kappa shape index (κ1) is 17.3. The average molecular weight is 345 g/mol. The zero-order valence-electron chi connectivity index (χ0n) is 14.6. The number of morpholine rings is 1. The molecule has 134 valence electrons. The minimum absolute atomic E-state index is 0.0752. The Bertz CT molecular complexity index is 673. The Labute approximate surface area is 146 Å². The Hall–Kier alpha value is -2.48. The van der Waals surface area contributed by atoms with Crippen molar-refractivity contribution < 1.29 is 14.3 Å². The van der Waals surface area contributed by atoms with Crippen molar-refractivity contribution in [3.63, 3.8) is 0 Å². The number of anilines is 1. The third kappa shape index (κ3) is 4.33. The van der Waals surface area contributed by atoms with E-state index in [0.29, 0.717) is 31.7 Å². The summed E-state index contributed by atoms with van der Waals surface area (Å²) in [5.74, 6) is 0.598. The molecule has 3 rings (SSSR count). The van der Waals surface area contributed by atoms with Crippen molar-refractivity contribution in [2.45, 2.75) is 32.4 Å². The number of pyridine rings is 1. The second-order valence-electron chi connectivity index (χ2n) is 6.30. The number of hydrogen-bond acceptors (Lipinski definition) is 6. The lowest BCUT2D eigenvalue weighted by Gasteiger charge is -2.32. The van der Waals surface area contributed by atoms with Gasteiger partial charge in [-0.25, -0.2) is 9.99 Å². The summed E-state index contributed by atoms with van der Waals surface area (Å²) in [6, 6.07) is 3.92. The summed E-state index contributed by atoms with van der Waals surface area (Å²) >= 11 is 0. The highest BCUT2D eigenvalue weighted by Gasteiger charge is 2.22. The lowest BCUT2D eigenvalue weighted by Crippen LogP contribution is -2.41. The van der Waals surface area contributed by atoms with Gasteiger partial charge in [-0.2, -0.15) is 5.10 Å². The van der Waals surface area contributed by atoms with Crippen LogP contribution in [-0.2, 0) is 20.9 Å². The molecule has 2 aliphatic rings. The molecule has 0 bridgehead atoms. The second-order valence-corrected chi connectivity index (χ2v) is 6.30. The van der Waals surface area contributed by atoms with Gasteiger partial charge in [-0.15, -0.1) is 0 Å². The molecule has 8 heteroatoms. The number of carbonyl (C=O) groups is 2. The summed E-state index contributed by atoms with van der Waals surface area (Å²) in [6.07, 6.45) is 2.67. The van der Waals surface area contributed by atoms with Gasteiger partial charge in [0.15, 0.2) is 0 Å². The maximum atomic E-state index is 12.2. The SMILES string of the molecule is C[C@H]1CN(c2ccc(CNC(=O)C3=NN(C)C(=O)CC3)cn2)CCO1. The smallest absolute Gasteiger partial charge is 0.267 e. The number of aromatic nitrogens is 1. The van der Waals surface area contributed by atoms with E-state index in [4.69, 9.17) is 4.74 Å². The van der Waals surface area contributed by atoms with E-state index < -0.39 is 0 Å². The minimum atomic E-state index is -0.245. The van der Waals surface area contributed by atoms with E-state index >= 15 is 0 Å². The van der Waals surface area contributed by atoms with Crippen molar-refractivity contribution in [3.8, 4) is 0 Å². The maximum absolute atomic E-state index is 12.2. The van der Waals surface area contributed by atoms with Gasteiger partial charge in [-0.3, -0.25) is 9.59 Å². The van der Waals surface area contributed by atoms with Gasteiger partial charge in [-0.05, 0) is 18.6 Å². The number of nitrogens with zero attached hydrogens (tertiary/aromatic N) is 4. The van der Waals surface area contributed by atoms with Gasteiger partial charge in [0, 0.05) is 45.7 Å². The third-order valence-electron chi connectivity index (χ3n) is 4.30. The number of ether oxygens (including phenoxy) is 1. The van der Waals surface area contributed by atoms with Crippen LogP contribution in [0, 0.1) is 0 Å². The standard InChI is InChI=1S/C17H23N5O3/c1-12-11-22(7-8-25-12)15-5-3-13(9-18-15)10-19-17(24)14-4-6-16(23)21(2)20-14/h3,5,9,12H,4,6-8,10-11H2,1-2H3,(H,19,24)/t12-/m0/s1. The summed E-state index contributed by atoms with van der Waals surface area (Å²) in [5, 5.41) is 8.06. The van der Waals surface area contributed by atoms with Gasteiger partial charge < -0.3 is 15.0 Å². The highest BCUT2D eigenvalue weighted by Crippen LogP contribution is 2.15. The minimum Gasteiger partial charge on any atom is -0.375 e. The van der Waals surface area contributed by atoms with Crippen LogP contribution >= 0.6 is 0 Å². The summed E-state index contributed by atoms with van der Waals surface area (Å²) < 4.78 is 5.54. The molecule has 1 aromatic rings. The largest absolute Gasteiger partial charge is 0.375 e. The van der Waals surface area contributed by atoms with Crippen LogP contribution < -0.4 is 10.2 Å². The molecule has 8 nitrogen and oxygen atoms in total. The Morgan fingerprint density at radius 3 is 2.92 bits per heavy atom. The molecule has 0 saturated carbocycles. The number of hydrogen-bond donors (Lipinski definition) is 1. The van der Waals surface area contributed by atoms with Crippen LogP contribution in [0.15, 0.2) is 23.4 Å². The van der Waals surface area contributed by atoms with Crippen molar-refractivity contribution in [1.82, 2.24) is 15.3 Å². The Morgan fingerprint density at radius 2 is 2.24 bits per heavy atom. The molecule has 0 aliphatic carbocycles. The van der Waals surface area contributed by atoms with Crippen LogP contribution in [0.5, 0.6) is 0 Å². The molecular formula is C17H23N5O3. The summed E-state index contributed by atoms with van der Waals surface area (Å²) in [6.45, 7) is 4.80. The third-order valence-corrected chi connectivity index (χ3v) is 4.30. The van der Waals surface area contributed by atoms with E-state index in [9.17, 15) is 9.59 Å². The quantitative estimate of drug-likeness (QED) is 0.860. The number of hydrazone groups is 1. The fourth-order valence-electron chi connectivity index (χ4n) is 2.85. The molecule has 0 spiro atoms. The first-order valence-electron chi connectivity index (χ1n) is 8.46. The molecule has 1 N–H and O–H groups in total. The molecule has 2 aliphatic heterocycles. The van der Waals surface area contributed by atoms with Gasteiger partial charge in [0.1, 0.15) is 11.5 Å². The van der Waals surface area contributed by atoms with Crippen LogP contribution in [0.25, 0.3) is 0 Å². The van der Waals surface area contributed by atoms with Crippen LogP contribution in [-0.4, -0.2) is 60.4 Å². The van der Waals surface area contributed by atoms with Crippen molar-refractivity contribution in [2.75, 3.05) is 31.6 Å². The zero-order chi connectivity index (χ0) is 17.8. The molecule has 2 amide bonds. The number of amides is 2. The normalized spacial score (nSPS) is 21.1.